The molecule has 0 aliphatic heterocycles. The van der Waals surface area contributed by atoms with Crippen LogP contribution in [0.5, 0.6) is 0 Å². The molecule has 0 saturated carbocycles. The zero-order chi connectivity index (χ0) is 35.6. The first-order chi connectivity index (χ1) is 24.2. The summed E-state index contributed by atoms with van der Waals surface area (Å²) in [6.07, 6.45) is 56.7. The molecule has 0 heterocycles. The average molecular weight is 683 g/mol. The van der Waals surface area contributed by atoms with Crippen molar-refractivity contribution in [2.45, 2.75) is 187 Å². The molecular weight excluding hydrogens is 604 g/mol. The fraction of sp³-hybridized carbons (Fsp3) is 0.711. The summed E-state index contributed by atoms with van der Waals surface area (Å²) in [5, 5.41) is 9.58. The molecule has 49 heavy (non-hydrogen) atoms. The van der Waals surface area contributed by atoms with E-state index in [0.717, 1.165) is 57.8 Å². The minimum Gasteiger partial charge on any atom is -0.457 e. The second-order valence-corrected chi connectivity index (χ2v) is 13.3. The Morgan fingerprint density at radius 1 is 0.510 bits per heavy atom. The molecule has 0 aromatic rings. The van der Waals surface area contributed by atoms with Gasteiger partial charge >= 0.3 is 5.97 Å². The van der Waals surface area contributed by atoms with Crippen LogP contribution in [0.2, 0.25) is 0 Å². The second-order valence-electron chi connectivity index (χ2n) is 13.3. The van der Waals surface area contributed by atoms with Crippen LogP contribution in [0.15, 0.2) is 72.9 Å². The number of hydrogen-bond donors (Lipinski definition) is 1. The Morgan fingerprint density at radius 2 is 0.918 bits per heavy atom. The normalized spacial score (nSPS) is 13.1. The molecule has 0 spiro atoms. The number of ether oxygens (including phenoxy) is 2. The molecular formula is C45H78O4. The number of carbonyl (C=O) groups excluding carboxylic acids is 1. The summed E-state index contributed by atoms with van der Waals surface area (Å²) in [6.45, 7) is 5.18. The maximum absolute atomic E-state index is 12.2. The second kappa shape index (κ2) is 42.0. The number of aliphatic hydroxyl groups excluding tert-OH is 1. The molecule has 0 amide bonds. The molecule has 0 fully saturated rings. The van der Waals surface area contributed by atoms with Crippen LogP contribution in [0.1, 0.15) is 181 Å². The van der Waals surface area contributed by atoms with E-state index in [0.29, 0.717) is 13.0 Å². The van der Waals surface area contributed by atoms with Crippen molar-refractivity contribution >= 4 is 5.97 Å². The molecule has 0 saturated heterocycles. The molecule has 0 aliphatic rings. The van der Waals surface area contributed by atoms with Gasteiger partial charge in [0, 0.05) is 13.0 Å². The summed E-state index contributed by atoms with van der Waals surface area (Å²) >= 11 is 0. The summed E-state index contributed by atoms with van der Waals surface area (Å²) in [4.78, 5) is 12.2. The number of rotatable bonds is 37. The van der Waals surface area contributed by atoms with E-state index in [2.05, 4.69) is 86.8 Å². The van der Waals surface area contributed by atoms with Crippen LogP contribution < -0.4 is 0 Å². The standard InChI is InChI=1S/C45H78O4/c1-3-5-7-9-11-13-15-17-18-19-20-21-22-23-24-25-26-27-29-31-33-35-37-39-41-48-43-44(42-46)49-45(47)40-38-36-34-32-30-28-16-14-12-10-8-6-4-2/h5,7,11,13-14,16-18,20-21,23-24,44,46H,3-4,6,8-10,12,15,19,22,25-43H2,1-2H3/b7-5-,13-11-,16-14-,18-17-,21-20-,24-23-. The van der Waals surface area contributed by atoms with Gasteiger partial charge in [0.25, 0.3) is 0 Å². The van der Waals surface area contributed by atoms with E-state index in [1.165, 1.54) is 103 Å². The van der Waals surface area contributed by atoms with Crippen molar-refractivity contribution in [2.75, 3.05) is 19.8 Å². The minimum atomic E-state index is -0.545. The molecule has 1 atom stereocenters. The Labute approximate surface area is 304 Å². The highest BCUT2D eigenvalue weighted by atomic mass is 16.6. The van der Waals surface area contributed by atoms with Gasteiger partial charge in [0.1, 0.15) is 6.10 Å². The topological polar surface area (TPSA) is 55.8 Å². The fourth-order valence-electron chi connectivity index (χ4n) is 5.47. The Bertz CT molecular complexity index is 850. The van der Waals surface area contributed by atoms with Gasteiger partial charge in [-0.2, -0.15) is 0 Å². The van der Waals surface area contributed by atoms with Gasteiger partial charge in [-0.15, -0.1) is 0 Å². The van der Waals surface area contributed by atoms with Crippen molar-refractivity contribution in [1.29, 1.82) is 0 Å². The molecule has 1 unspecified atom stereocenters. The molecule has 0 aromatic carbocycles. The lowest BCUT2D eigenvalue weighted by molar-refractivity contribution is -0.154. The Balaban J connectivity index is 3.49. The average Bonchev–Trinajstić information content (AvgIpc) is 3.11. The Morgan fingerprint density at radius 3 is 1.41 bits per heavy atom. The zero-order valence-electron chi connectivity index (χ0n) is 32.2. The quantitative estimate of drug-likeness (QED) is 0.0402. The van der Waals surface area contributed by atoms with Crippen molar-refractivity contribution in [1.82, 2.24) is 0 Å². The molecule has 4 nitrogen and oxygen atoms in total. The van der Waals surface area contributed by atoms with Gasteiger partial charge in [-0.1, -0.05) is 164 Å². The summed E-state index contributed by atoms with van der Waals surface area (Å²) in [5.74, 6) is -0.216. The number of aliphatic hydroxyl groups is 1. The highest BCUT2D eigenvalue weighted by Crippen LogP contribution is 2.12. The van der Waals surface area contributed by atoms with Gasteiger partial charge in [0.05, 0.1) is 13.2 Å². The molecule has 4 heteroatoms. The smallest absolute Gasteiger partial charge is 0.306 e. The van der Waals surface area contributed by atoms with Crippen LogP contribution in [-0.2, 0) is 14.3 Å². The van der Waals surface area contributed by atoms with Gasteiger partial charge in [-0.3, -0.25) is 4.79 Å². The molecule has 0 aliphatic carbocycles. The number of hydrogen-bond acceptors (Lipinski definition) is 4. The van der Waals surface area contributed by atoms with Gasteiger partial charge in [-0.25, -0.2) is 0 Å². The first kappa shape index (κ1) is 46.8. The lowest BCUT2D eigenvalue weighted by Gasteiger charge is -2.15. The molecule has 282 valence electrons. The third kappa shape index (κ3) is 40.1. The number of carbonyl (C=O) groups is 1. The van der Waals surface area contributed by atoms with Crippen LogP contribution in [-0.4, -0.2) is 37.0 Å². The number of esters is 1. The SMILES string of the molecule is CC/C=C\C/C=C\C/C=C\C/C=C\C/C=C\CCCCCCCCCCOCC(CO)OC(=O)CCCCCCC/C=C\CCCCCC. The van der Waals surface area contributed by atoms with E-state index in [1.54, 1.807) is 0 Å². The first-order valence-corrected chi connectivity index (χ1v) is 20.5. The Hall–Kier alpha value is -2.17. The molecule has 0 radical (unpaired) electrons. The van der Waals surface area contributed by atoms with E-state index in [-0.39, 0.29) is 19.2 Å². The molecule has 0 aromatic heterocycles. The van der Waals surface area contributed by atoms with Crippen molar-refractivity contribution in [3.63, 3.8) is 0 Å². The summed E-state index contributed by atoms with van der Waals surface area (Å²) in [5.41, 5.74) is 0. The fourth-order valence-corrected chi connectivity index (χ4v) is 5.47. The van der Waals surface area contributed by atoms with Crippen molar-refractivity contribution in [3.8, 4) is 0 Å². The van der Waals surface area contributed by atoms with Crippen molar-refractivity contribution < 1.29 is 19.4 Å². The maximum atomic E-state index is 12.2. The third-order valence-corrected chi connectivity index (χ3v) is 8.52. The predicted octanol–water partition coefficient (Wildman–Crippen LogP) is 13.4. The number of allylic oxidation sites excluding steroid dienone is 12. The van der Waals surface area contributed by atoms with Gasteiger partial charge in [0.15, 0.2) is 0 Å². The van der Waals surface area contributed by atoms with Gasteiger partial charge in [-0.05, 0) is 83.5 Å². The number of unbranched alkanes of at least 4 members (excludes halogenated alkanes) is 17. The monoisotopic (exact) mass is 683 g/mol. The lowest BCUT2D eigenvalue weighted by Crippen LogP contribution is -2.27. The van der Waals surface area contributed by atoms with Crippen LogP contribution in [0, 0.1) is 0 Å². The zero-order valence-corrected chi connectivity index (χ0v) is 32.2. The minimum absolute atomic E-state index is 0.182. The first-order valence-electron chi connectivity index (χ1n) is 20.5. The van der Waals surface area contributed by atoms with E-state index < -0.39 is 6.10 Å². The summed E-state index contributed by atoms with van der Waals surface area (Å²) in [6, 6.07) is 0. The highest BCUT2D eigenvalue weighted by Gasteiger charge is 2.13. The summed E-state index contributed by atoms with van der Waals surface area (Å²) in [7, 11) is 0. The van der Waals surface area contributed by atoms with Gasteiger partial charge in [0.2, 0.25) is 0 Å². The van der Waals surface area contributed by atoms with Crippen LogP contribution in [0.3, 0.4) is 0 Å². The largest absolute Gasteiger partial charge is 0.457 e. The molecule has 0 rings (SSSR count). The predicted molar refractivity (Wildman–Crippen MR) is 214 cm³/mol. The van der Waals surface area contributed by atoms with Gasteiger partial charge < -0.3 is 14.6 Å². The van der Waals surface area contributed by atoms with Crippen molar-refractivity contribution in [3.05, 3.63) is 72.9 Å². The van der Waals surface area contributed by atoms with Crippen LogP contribution in [0.25, 0.3) is 0 Å². The highest BCUT2D eigenvalue weighted by molar-refractivity contribution is 5.69. The van der Waals surface area contributed by atoms with Crippen LogP contribution in [0.4, 0.5) is 0 Å². The van der Waals surface area contributed by atoms with Crippen LogP contribution >= 0.6 is 0 Å². The van der Waals surface area contributed by atoms with E-state index >= 15 is 0 Å². The third-order valence-electron chi connectivity index (χ3n) is 8.52. The maximum Gasteiger partial charge on any atom is 0.306 e. The Kier molecular flexibility index (Phi) is 40.1. The van der Waals surface area contributed by atoms with E-state index in [9.17, 15) is 9.90 Å². The van der Waals surface area contributed by atoms with E-state index in [4.69, 9.17) is 9.47 Å². The van der Waals surface area contributed by atoms with E-state index in [1.807, 2.05) is 0 Å². The van der Waals surface area contributed by atoms with Crippen molar-refractivity contribution in [2.24, 2.45) is 0 Å². The lowest BCUT2D eigenvalue weighted by atomic mass is 10.1. The molecule has 1 N–H and O–H groups in total. The summed E-state index contributed by atoms with van der Waals surface area (Å²) < 4.78 is 11.1. The molecule has 0 bridgehead atoms.